The zero-order chi connectivity index (χ0) is 16.3. The molecule has 0 radical (unpaired) electrons. The third-order valence-corrected chi connectivity index (χ3v) is 3.28. The molecule has 0 aliphatic carbocycles. The Kier molecular flexibility index (Phi) is 9.42. The van der Waals surface area contributed by atoms with Crippen molar-refractivity contribution < 1.29 is 19.1 Å². The van der Waals surface area contributed by atoms with E-state index in [2.05, 4.69) is 6.58 Å². The summed E-state index contributed by atoms with van der Waals surface area (Å²) >= 11 is 0. The van der Waals surface area contributed by atoms with Gasteiger partial charge in [0.1, 0.15) is 0 Å². The van der Waals surface area contributed by atoms with Crippen LogP contribution in [0.5, 0.6) is 0 Å². The summed E-state index contributed by atoms with van der Waals surface area (Å²) in [5, 5.41) is 0. The summed E-state index contributed by atoms with van der Waals surface area (Å²) in [7, 11) is 0. The van der Waals surface area contributed by atoms with E-state index in [4.69, 9.17) is 9.47 Å². The maximum Gasteiger partial charge on any atom is 0.323 e. The molecule has 0 bridgehead atoms. The maximum atomic E-state index is 12.4. The second kappa shape index (κ2) is 10.2. The fraction of sp³-hybridized carbons (Fsp3) is 0.647. The lowest BCUT2D eigenvalue weighted by molar-refractivity contribution is -0.173. The molecule has 120 valence electrons. The number of rotatable bonds is 10. The zero-order valence-corrected chi connectivity index (χ0v) is 13.7. The molecule has 0 spiro atoms. The topological polar surface area (TPSA) is 52.6 Å². The summed E-state index contributed by atoms with van der Waals surface area (Å²) in [6.07, 6.45) is 5.82. The van der Waals surface area contributed by atoms with Gasteiger partial charge in [0.25, 0.3) is 0 Å². The second-order valence-corrected chi connectivity index (χ2v) is 5.09. The van der Waals surface area contributed by atoms with Crippen molar-refractivity contribution in [1.82, 2.24) is 0 Å². The van der Waals surface area contributed by atoms with E-state index in [1.54, 1.807) is 13.8 Å². The first-order valence-electron chi connectivity index (χ1n) is 7.54. The Morgan fingerprint density at radius 3 is 2.00 bits per heavy atom. The molecule has 0 aliphatic rings. The van der Waals surface area contributed by atoms with Crippen LogP contribution < -0.4 is 0 Å². The molecule has 0 N–H and O–H groups in total. The Hall–Kier alpha value is -1.58. The fourth-order valence-electron chi connectivity index (χ4n) is 2.08. The molecule has 0 heterocycles. The van der Waals surface area contributed by atoms with E-state index >= 15 is 0 Å². The van der Waals surface area contributed by atoms with Crippen molar-refractivity contribution in [3.05, 3.63) is 24.3 Å². The normalized spacial score (nSPS) is 11.4. The Bertz CT molecular complexity index is 364. The molecule has 0 aromatic carbocycles. The number of ether oxygens (including phenoxy) is 2. The number of carbonyl (C=O) groups excluding carboxylic acids is 2. The van der Waals surface area contributed by atoms with Crippen molar-refractivity contribution in [2.75, 3.05) is 13.2 Å². The van der Waals surface area contributed by atoms with Gasteiger partial charge < -0.3 is 9.47 Å². The Balaban J connectivity index is 5.38. The van der Waals surface area contributed by atoms with Crippen molar-refractivity contribution in [1.29, 1.82) is 0 Å². The lowest BCUT2D eigenvalue weighted by Gasteiger charge is -2.29. The highest BCUT2D eigenvalue weighted by Crippen LogP contribution is 2.35. The fourth-order valence-corrected chi connectivity index (χ4v) is 2.08. The molecule has 4 heteroatoms. The van der Waals surface area contributed by atoms with Gasteiger partial charge in [-0.05, 0) is 53.4 Å². The van der Waals surface area contributed by atoms with Crippen LogP contribution in [0.1, 0.15) is 53.4 Å². The molecule has 0 amide bonds. The molecular formula is C17H28O4. The van der Waals surface area contributed by atoms with Gasteiger partial charge in [-0.3, -0.25) is 9.59 Å². The van der Waals surface area contributed by atoms with Crippen LogP contribution in [0.3, 0.4) is 0 Å². The van der Waals surface area contributed by atoms with Crippen molar-refractivity contribution >= 4 is 11.9 Å². The van der Waals surface area contributed by atoms with Gasteiger partial charge in [-0.2, -0.15) is 0 Å². The third kappa shape index (κ3) is 6.15. The summed E-state index contributed by atoms with van der Waals surface area (Å²) < 4.78 is 10.3. The van der Waals surface area contributed by atoms with Gasteiger partial charge in [0.2, 0.25) is 0 Å². The van der Waals surface area contributed by atoms with E-state index in [1.807, 2.05) is 26.0 Å². The summed E-state index contributed by atoms with van der Waals surface area (Å²) in [5.41, 5.74) is -0.302. The molecule has 4 nitrogen and oxygen atoms in total. The Morgan fingerprint density at radius 1 is 1.10 bits per heavy atom. The molecule has 0 aromatic heterocycles. The third-order valence-electron chi connectivity index (χ3n) is 3.28. The van der Waals surface area contributed by atoms with Gasteiger partial charge in [0, 0.05) is 0 Å². The highest BCUT2D eigenvalue weighted by molar-refractivity contribution is 6.00. The molecular weight excluding hydrogens is 268 g/mol. The highest BCUT2D eigenvalue weighted by Gasteiger charge is 2.47. The van der Waals surface area contributed by atoms with Gasteiger partial charge in [-0.15, -0.1) is 6.58 Å². The first-order chi connectivity index (χ1) is 9.94. The zero-order valence-electron chi connectivity index (χ0n) is 13.7. The Labute approximate surface area is 128 Å². The molecule has 0 saturated carbocycles. The minimum atomic E-state index is -1.23. The number of allylic oxidation sites excluding steroid dienone is 3. The van der Waals surface area contributed by atoms with E-state index in [9.17, 15) is 9.59 Å². The predicted molar refractivity (Wildman–Crippen MR) is 83.8 cm³/mol. The Morgan fingerprint density at radius 2 is 1.62 bits per heavy atom. The average molecular weight is 296 g/mol. The monoisotopic (exact) mass is 296 g/mol. The van der Waals surface area contributed by atoms with E-state index < -0.39 is 17.4 Å². The average Bonchev–Trinajstić information content (AvgIpc) is 2.43. The molecule has 0 saturated heterocycles. The summed E-state index contributed by atoms with van der Waals surface area (Å²) in [4.78, 5) is 24.8. The van der Waals surface area contributed by atoms with Crippen LogP contribution in [-0.2, 0) is 19.1 Å². The quantitative estimate of drug-likeness (QED) is 0.349. The number of carbonyl (C=O) groups is 2. The molecule has 0 rings (SSSR count). The van der Waals surface area contributed by atoms with E-state index in [0.29, 0.717) is 25.7 Å². The minimum Gasteiger partial charge on any atom is -0.465 e. The van der Waals surface area contributed by atoms with Crippen molar-refractivity contribution in [2.45, 2.75) is 53.4 Å². The van der Waals surface area contributed by atoms with Gasteiger partial charge in [0.05, 0.1) is 13.2 Å². The summed E-state index contributed by atoms with van der Waals surface area (Å²) in [6.45, 7) is 11.6. The van der Waals surface area contributed by atoms with Crippen LogP contribution in [0, 0.1) is 5.41 Å². The molecule has 0 unspecified atom stereocenters. The van der Waals surface area contributed by atoms with Gasteiger partial charge >= 0.3 is 11.9 Å². The first-order valence-corrected chi connectivity index (χ1v) is 7.54. The molecule has 21 heavy (non-hydrogen) atoms. The van der Waals surface area contributed by atoms with E-state index in [-0.39, 0.29) is 13.2 Å². The number of esters is 2. The van der Waals surface area contributed by atoms with E-state index in [0.717, 1.165) is 5.57 Å². The molecule has 0 fully saturated rings. The number of hydrogen-bond donors (Lipinski definition) is 0. The minimum absolute atomic E-state index is 0.247. The van der Waals surface area contributed by atoms with Crippen molar-refractivity contribution in [3.63, 3.8) is 0 Å². The van der Waals surface area contributed by atoms with Crippen LogP contribution >= 0.6 is 0 Å². The van der Waals surface area contributed by atoms with Crippen molar-refractivity contribution in [3.8, 4) is 0 Å². The lowest BCUT2D eigenvalue weighted by atomic mass is 9.78. The molecule has 0 aromatic rings. The smallest absolute Gasteiger partial charge is 0.323 e. The van der Waals surface area contributed by atoms with Crippen LogP contribution in [0.2, 0.25) is 0 Å². The van der Waals surface area contributed by atoms with Crippen LogP contribution in [0.15, 0.2) is 24.3 Å². The van der Waals surface area contributed by atoms with Gasteiger partial charge in [-0.25, -0.2) is 0 Å². The SMILES string of the molecule is C=C(C)CCC(CC/C=C/C)(C(=O)OCC)C(=O)OCC. The first kappa shape index (κ1) is 19.4. The van der Waals surface area contributed by atoms with Crippen LogP contribution in [0.25, 0.3) is 0 Å². The summed E-state index contributed by atoms with van der Waals surface area (Å²) in [6, 6.07) is 0. The maximum absolute atomic E-state index is 12.4. The molecule has 0 atom stereocenters. The largest absolute Gasteiger partial charge is 0.465 e. The van der Waals surface area contributed by atoms with Gasteiger partial charge in [0.15, 0.2) is 5.41 Å². The standard InChI is InChI=1S/C17H28O4/c1-6-9-10-12-17(13-11-14(4)5,15(18)20-7-2)16(19)21-8-3/h6,9H,4,7-8,10-13H2,1-3,5H3/b9-6+. The van der Waals surface area contributed by atoms with Gasteiger partial charge in [-0.1, -0.05) is 17.7 Å². The van der Waals surface area contributed by atoms with Crippen LogP contribution in [-0.4, -0.2) is 25.2 Å². The van der Waals surface area contributed by atoms with E-state index in [1.165, 1.54) is 0 Å². The highest BCUT2D eigenvalue weighted by atomic mass is 16.6. The van der Waals surface area contributed by atoms with Crippen molar-refractivity contribution in [2.24, 2.45) is 5.41 Å². The lowest BCUT2D eigenvalue weighted by Crippen LogP contribution is -2.42. The molecule has 0 aliphatic heterocycles. The summed E-state index contributed by atoms with van der Waals surface area (Å²) in [5.74, 6) is -0.983. The second-order valence-electron chi connectivity index (χ2n) is 5.09. The predicted octanol–water partition coefficient (Wildman–Crippen LogP) is 3.81. The van der Waals surface area contributed by atoms with Crippen LogP contribution in [0.4, 0.5) is 0 Å². The number of hydrogen-bond acceptors (Lipinski definition) is 4.